The molecule has 0 spiro atoms. The molecule has 1 atom stereocenters. The van der Waals surface area contributed by atoms with Gasteiger partial charge >= 0.3 is 0 Å². The summed E-state index contributed by atoms with van der Waals surface area (Å²) in [4.78, 5) is 18.4. The lowest BCUT2D eigenvalue weighted by molar-refractivity contribution is 0.0968. The number of anilines is 3. The van der Waals surface area contributed by atoms with Crippen molar-refractivity contribution >= 4 is 48.9 Å². The van der Waals surface area contributed by atoms with Gasteiger partial charge in [-0.2, -0.15) is 0 Å². The van der Waals surface area contributed by atoms with E-state index in [2.05, 4.69) is 25.6 Å². The molecule has 0 saturated heterocycles. The summed E-state index contributed by atoms with van der Waals surface area (Å²) >= 11 is 3.73. The largest absolute Gasteiger partial charge is 0.497 e. The number of fused-ring (bicyclic) bond motifs is 1. The molecule has 5 aromatic rings. The molecule has 0 aromatic heterocycles. The molecule has 0 unspecified atom stereocenters. The van der Waals surface area contributed by atoms with Crippen molar-refractivity contribution in [1.29, 1.82) is 0 Å². The first-order chi connectivity index (χ1) is 21.2. The van der Waals surface area contributed by atoms with Gasteiger partial charge in [0.25, 0.3) is 15.9 Å². The fraction of sp³-hybridized carbons (Fsp3) is 0.114. The van der Waals surface area contributed by atoms with Crippen molar-refractivity contribution in [2.75, 3.05) is 21.6 Å². The van der Waals surface area contributed by atoms with Crippen LogP contribution in [-0.2, 0) is 16.6 Å². The van der Waals surface area contributed by atoms with Crippen LogP contribution in [0.2, 0.25) is 0 Å². The van der Waals surface area contributed by atoms with Gasteiger partial charge < -0.3 is 9.64 Å². The molecule has 1 amide bonds. The molecule has 9 heteroatoms. The molecule has 0 fully saturated rings. The van der Waals surface area contributed by atoms with E-state index in [9.17, 15) is 13.2 Å². The first-order valence-electron chi connectivity index (χ1n) is 14.0. The van der Waals surface area contributed by atoms with Crippen molar-refractivity contribution in [1.82, 2.24) is 0 Å². The molecule has 1 aliphatic heterocycles. The summed E-state index contributed by atoms with van der Waals surface area (Å²) in [6, 6.07) is 37.0. The number of rotatable bonds is 8. The van der Waals surface area contributed by atoms with Crippen LogP contribution in [-0.4, -0.2) is 21.4 Å². The number of hydrogen-bond donors (Lipinski definition) is 1. The van der Waals surface area contributed by atoms with E-state index in [0.29, 0.717) is 34.9 Å². The normalized spacial score (nSPS) is 14.7. The SMILES string of the molecule is COc1ccc(NS(=O)(=O)c2ccc3c(c2)C(=O)N(c2ccc(C)cc2)[C@H](c2ccccc2Br)N3Cc2ccccc2)cc1. The molecule has 1 aliphatic rings. The second-order valence-electron chi connectivity index (χ2n) is 10.5. The highest BCUT2D eigenvalue weighted by atomic mass is 79.9. The molecule has 7 nitrogen and oxygen atoms in total. The maximum absolute atomic E-state index is 14.6. The molecule has 1 heterocycles. The maximum Gasteiger partial charge on any atom is 0.262 e. The highest BCUT2D eigenvalue weighted by Crippen LogP contribution is 2.44. The summed E-state index contributed by atoms with van der Waals surface area (Å²) in [5, 5.41) is 0. The van der Waals surface area contributed by atoms with Crippen molar-refractivity contribution < 1.29 is 17.9 Å². The predicted molar refractivity (Wildman–Crippen MR) is 178 cm³/mol. The van der Waals surface area contributed by atoms with Gasteiger partial charge in [0, 0.05) is 28.0 Å². The number of nitrogens with one attached hydrogen (secondary N) is 1. The molecule has 222 valence electrons. The lowest BCUT2D eigenvalue weighted by atomic mass is 9.99. The van der Waals surface area contributed by atoms with Crippen molar-refractivity contribution in [3.8, 4) is 5.75 Å². The van der Waals surface area contributed by atoms with E-state index < -0.39 is 16.2 Å². The minimum absolute atomic E-state index is 0.0109. The highest BCUT2D eigenvalue weighted by Gasteiger charge is 2.41. The summed E-state index contributed by atoms with van der Waals surface area (Å²) in [7, 11) is -2.47. The van der Waals surface area contributed by atoms with Gasteiger partial charge in [-0.15, -0.1) is 0 Å². The Labute approximate surface area is 265 Å². The molecular weight excluding hydrogens is 638 g/mol. The number of benzene rings is 5. The van der Waals surface area contributed by atoms with Crippen molar-refractivity contribution in [2.45, 2.75) is 24.5 Å². The summed E-state index contributed by atoms with van der Waals surface area (Å²) in [6.07, 6.45) is -0.520. The zero-order valence-electron chi connectivity index (χ0n) is 24.1. The van der Waals surface area contributed by atoms with Crippen molar-refractivity contribution in [3.05, 3.63) is 148 Å². The lowest BCUT2D eigenvalue weighted by Gasteiger charge is -2.46. The van der Waals surface area contributed by atoms with Crippen LogP contribution in [0.3, 0.4) is 0 Å². The third kappa shape index (κ3) is 5.80. The summed E-state index contributed by atoms with van der Waals surface area (Å²) in [5.74, 6) is 0.317. The maximum atomic E-state index is 14.6. The number of methoxy groups -OCH3 is 1. The van der Waals surface area contributed by atoms with Gasteiger partial charge in [0.1, 0.15) is 11.9 Å². The van der Waals surface area contributed by atoms with E-state index >= 15 is 0 Å². The van der Waals surface area contributed by atoms with Gasteiger partial charge in [0.05, 0.1) is 23.3 Å². The molecular formula is C35H30BrN3O4S. The van der Waals surface area contributed by atoms with Crippen LogP contribution in [0.25, 0.3) is 0 Å². The number of amides is 1. The van der Waals surface area contributed by atoms with E-state index in [1.54, 1.807) is 48.4 Å². The predicted octanol–water partition coefficient (Wildman–Crippen LogP) is 7.93. The third-order valence-electron chi connectivity index (χ3n) is 7.61. The van der Waals surface area contributed by atoms with Crippen LogP contribution in [0.1, 0.15) is 33.2 Å². The van der Waals surface area contributed by atoms with Crippen LogP contribution >= 0.6 is 15.9 Å². The van der Waals surface area contributed by atoms with E-state index in [1.807, 2.05) is 85.8 Å². The highest BCUT2D eigenvalue weighted by molar-refractivity contribution is 9.10. The Hall–Kier alpha value is -4.60. The summed E-state index contributed by atoms with van der Waals surface area (Å²) in [6.45, 7) is 2.47. The Morgan fingerprint density at radius 1 is 0.841 bits per heavy atom. The van der Waals surface area contributed by atoms with Crippen LogP contribution in [0, 0.1) is 6.92 Å². The number of carbonyl (C=O) groups excluding carboxylic acids is 1. The first-order valence-corrected chi connectivity index (χ1v) is 16.3. The zero-order valence-corrected chi connectivity index (χ0v) is 26.5. The number of halogens is 1. The topological polar surface area (TPSA) is 78.9 Å². The molecule has 6 rings (SSSR count). The second-order valence-corrected chi connectivity index (χ2v) is 13.1. The second kappa shape index (κ2) is 12.2. The minimum Gasteiger partial charge on any atom is -0.497 e. The molecule has 0 bridgehead atoms. The zero-order chi connectivity index (χ0) is 30.8. The summed E-state index contributed by atoms with van der Waals surface area (Å²) < 4.78 is 35.8. The number of carbonyl (C=O) groups is 1. The first kappa shape index (κ1) is 29.5. The van der Waals surface area contributed by atoms with Crippen LogP contribution in [0.4, 0.5) is 17.1 Å². The standard InChI is InChI=1S/C35H30BrN3O4S/c1-24-12-16-27(17-13-24)39-34(30-10-6-7-11-32(30)36)38(23-25-8-4-3-5-9-25)33-21-20-29(22-31(33)35(39)40)44(41,42)37-26-14-18-28(43-2)19-15-26/h3-22,34,37H,23H2,1-2H3/t34-/m1/s1. The number of sulfonamides is 1. The Kier molecular flexibility index (Phi) is 8.16. The van der Waals surface area contributed by atoms with Gasteiger partial charge in [-0.1, -0.05) is 82.2 Å². The smallest absolute Gasteiger partial charge is 0.262 e. The van der Waals surface area contributed by atoms with E-state index in [4.69, 9.17) is 4.74 Å². The van der Waals surface area contributed by atoms with E-state index in [1.165, 1.54) is 6.07 Å². The Bertz CT molecular complexity index is 1910. The fourth-order valence-corrected chi connectivity index (χ4v) is 6.97. The third-order valence-corrected chi connectivity index (χ3v) is 9.71. The Balaban J connectivity index is 1.51. The number of ether oxygens (including phenoxy) is 1. The van der Waals surface area contributed by atoms with Gasteiger partial charge in [-0.25, -0.2) is 8.42 Å². The average molecular weight is 669 g/mol. The number of hydrogen-bond acceptors (Lipinski definition) is 5. The average Bonchev–Trinajstić information content (AvgIpc) is 3.04. The molecule has 1 N–H and O–H groups in total. The van der Waals surface area contributed by atoms with E-state index in [-0.39, 0.29) is 10.8 Å². The molecule has 0 aliphatic carbocycles. The quantitative estimate of drug-likeness (QED) is 0.182. The molecule has 0 saturated carbocycles. The van der Waals surface area contributed by atoms with E-state index in [0.717, 1.165) is 21.2 Å². The van der Waals surface area contributed by atoms with Gasteiger partial charge in [-0.05, 0) is 73.2 Å². The fourth-order valence-electron chi connectivity index (χ4n) is 5.40. The van der Waals surface area contributed by atoms with Crippen molar-refractivity contribution in [3.63, 3.8) is 0 Å². The van der Waals surface area contributed by atoms with Crippen molar-refractivity contribution in [2.24, 2.45) is 0 Å². The summed E-state index contributed by atoms with van der Waals surface area (Å²) in [5.41, 5.74) is 5.04. The minimum atomic E-state index is -4.01. The molecule has 44 heavy (non-hydrogen) atoms. The van der Waals surface area contributed by atoms with Gasteiger partial charge in [0.15, 0.2) is 0 Å². The molecule has 0 radical (unpaired) electrons. The number of aryl methyl sites for hydroxylation is 1. The molecule has 5 aromatic carbocycles. The van der Waals surface area contributed by atoms with Crippen LogP contribution < -0.4 is 19.3 Å². The lowest BCUT2D eigenvalue weighted by Crippen LogP contribution is -2.49. The Morgan fingerprint density at radius 2 is 1.52 bits per heavy atom. The monoisotopic (exact) mass is 667 g/mol. The van der Waals surface area contributed by atoms with Gasteiger partial charge in [0.2, 0.25) is 0 Å². The number of nitrogens with zero attached hydrogens (tertiary/aromatic N) is 2. The van der Waals surface area contributed by atoms with Crippen LogP contribution in [0.15, 0.2) is 131 Å². The van der Waals surface area contributed by atoms with Crippen LogP contribution in [0.5, 0.6) is 5.75 Å². The van der Waals surface area contributed by atoms with Gasteiger partial charge in [-0.3, -0.25) is 14.4 Å². The Morgan fingerprint density at radius 3 is 2.20 bits per heavy atom.